The topological polar surface area (TPSA) is 64.6 Å². The fourth-order valence-electron chi connectivity index (χ4n) is 1.76. The molecule has 1 aromatic rings. The summed E-state index contributed by atoms with van der Waals surface area (Å²) in [4.78, 5) is 25.5. The van der Waals surface area contributed by atoms with Crippen molar-refractivity contribution in [1.29, 1.82) is 0 Å². The molecule has 0 aliphatic heterocycles. The first-order valence-electron chi connectivity index (χ1n) is 6.88. The van der Waals surface area contributed by atoms with E-state index in [1.165, 1.54) is 11.3 Å². The molecule has 5 nitrogen and oxygen atoms in total. The third-order valence-corrected chi connectivity index (χ3v) is 3.94. The molecule has 1 heterocycles. The highest BCUT2D eigenvalue weighted by molar-refractivity contribution is 7.12. The van der Waals surface area contributed by atoms with Crippen molar-refractivity contribution in [3.8, 4) is 0 Å². The summed E-state index contributed by atoms with van der Waals surface area (Å²) in [6, 6.07) is 0. The molecule has 0 bridgehead atoms. The van der Waals surface area contributed by atoms with Crippen LogP contribution in [-0.2, 0) is 16.0 Å². The first-order chi connectivity index (χ1) is 9.65. The number of carbonyl (C=O) groups is 2. The zero-order chi connectivity index (χ0) is 16.2. The maximum Gasteiger partial charge on any atom is 0.407 e. The Hall–Kier alpha value is -1.56. The van der Waals surface area contributed by atoms with Gasteiger partial charge in [-0.15, -0.1) is 11.3 Å². The molecular weight excluding hydrogens is 290 g/mol. The van der Waals surface area contributed by atoms with Crippen LogP contribution in [0.5, 0.6) is 0 Å². The summed E-state index contributed by atoms with van der Waals surface area (Å²) < 4.78 is 10.3. The summed E-state index contributed by atoms with van der Waals surface area (Å²) in [6.45, 7) is 11.6. The molecule has 0 radical (unpaired) electrons. The highest BCUT2D eigenvalue weighted by Crippen LogP contribution is 2.28. The molecule has 0 saturated carbocycles. The van der Waals surface area contributed by atoms with Crippen molar-refractivity contribution in [3.05, 3.63) is 20.9 Å². The molecule has 0 saturated heterocycles. The molecule has 0 aliphatic carbocycles. The SMILES string of the molecule is CCOC(=O)c1c(CNC(=O)OC(C)(C)C)sc(C)c1C. The monoisotopic (exact) mass is 313 g/mol. The number of hydrogen-bond donors (Lipinski definition) is 1. The number of alkyl carbamates (subject to hydrolysis) is 1. The van der Waals surface area contributed by atoms with Crippen LogP contribution in [0.2, 0.25) is 0 Å². The van der Waals surface area contributed by atoms with Gasteiger partial charge in [0, 0.05) is 9.75 Å². The molecule has 0 unspecified atom stereocenters. The zero-order valence-corrected chi connectivity index (χ0v) is 14.3. The molecule has 6 heteroatoms. The standard InChI is InChI=1S/C15H23NO4S/c1-7-19-13(17)12-9(2)10(3)21-11(12)8-16-14(18)20-15(4,5)6/h7-8H2,1-6H3,(H,16,18). The first-order valence-corrected chi connectivity index (χ1v) is 7.70. The number of thiophene rings is 1. The van der Waals surface area contributed by atoms with Crippen LogP contribution >= 0.6 is 11.3 Å². The van der Waals surface area contributed by atoms with Crippen LogP contribution in [0.1, 0.15) is 53.4 Å². The quantitative estimate of drug-likeness (QED) is 0.863. The summed E-state index contributed by atoms with van der Waals surface area (Å²) in [5.41, 5.74) is 0.907. The summed E-state index contributed by atoms with van der Waals surface area (Å²) in [6.07, 6.45) is -0.499. The molecule has 0 fully saturated rings. The molecule has 1 amide bonds. The molecule has 0 atom stereocenters. The van der Waals surface area contributed by atoms with Gasteiger partial charge in [-0.25, -0.2) is 9.59 Å². The molecule has 118 valence electrons. The minimum Gasteiger partial charge on any atom is -0.462 e. The van der Waals surface area contributed by atoms with E-state index in [0.29, 0.717) is 12.2 Å². The minimum absolute atomic E-state index is 0.252. The number of nitrogens with one attached hydrogen (secondary N) is 1. The summed E-state index contributed by atoms with van der Waals surface area (Å²) in [5, 5.41) is 2.67. The van der Waals surface area contributed by atoms with Gasteiger partial charge in [0.1, 0.15) is 5.60 Å². The van der Waals surface area contributed by atoms with Crippen LogP contribution in [-0.4, -0.2) is 24.3 Å². The minimum atomic E-state index is -0.546. The van der Waals surface area contributed by atoms with E-state index in [4.69, 9.17) is 9.47 Å². The highest BCUT2D eigenvalue weighted by atomic mass is 32.1. The van der Waals surface area contributed by atoms with Crippen LogP contribution in [0.25, 0.3) is 0 Å². The van der Waals surface area contributed by atoms with E-state index in [1.54, 1.807) is 27.7 Å². The average molecular weight is 313 g/mol. The van der Waals surface area contributed by atoms with E-state index < -0.39 is 11.7 Å². The Morgan fingerprint density at radius 1 is 1.24 bits per heavy atom. The Morgan fingerprint density at radius 3 is 2.38 bits per heavy atom. The van der Waals surface area contributed by atoms with Gasteiger partial charge in [-0.05, 0) is 47.1 Å². The van der Waals surface area contributed by atoms with Gasteiger partial charge >= 0.3 is 12.1 Å². The smallest absolute Gasteiger partial charge is 0.407 e. The van der Waals surface area contributed by atoms with Crippen LogP contribution in [0.3, 0.4) is 0 Å². The van der Waals surface area contributed by atoms with Crippen molar-refractivity contribution in [2.75, 3.05) is 6.61 Å². The van der Waals surface area contributed by atoms with Gasteiger partial charge in [-0.2, -0.15) is 0 Å². The molecule has 1 aromatic heterocycles. The number of rotatable bonds is 4. The van der Waals surface area contributed by atoms with Gasteiger partial charge in [0.15, 0.2) is 0 Å². The Morgan fingerprint density at radius 2 is 1.86 bits per heavy atom. The second-order valence-corrected chi connectivity index (χ2v) is 6.97. The van der Waals surface area contributed by atoms with Gasteiger partial charge in [0.05, 0.1) is 18.7 Å². The Kier molecular flexibility index (Phi) is 5.78. The number of esters is 1. The number of hydrogen-bond acceptors (Lipinski definition) is 5. The van der Waals surface area contributed by atoms with E-state index in [-0.39, 0.29) is 12.5 Å². The van der Waals surface area contributed by atoms with Gasteiger partial charge < -0.3 is 14.8 Å². The van der Waals surface area contributed by atoms with E-state index >= 15 is 0 Å². The number of aryl methyl sites for hydroxylation is 1. The van der Waals surface area contributed by atoms with Crippen LogP contribution < -0.4 is 5.32 Å². The Balaban J connectivity index is 2.82. The van der Waals surface area contributed by atoms with Gasteiger partial charge in [0.25, 0.3) is 0 Å². The third-order valence-electron chi connectivity index (χ3n) is 2.73. The summed E-state index contributed by atoms with van der Waals surface area (Å²) in [7, 11) is 0. The van der Waals surface area contributed by atoms with E-state index in [9.17, 15) is 9.59 Å². The second-order valence-electron chi connectivity index (χ2n) is 5.66. The Labute approximate surface area is 129 Å². The predicted molar refractivity (Wildman–Crippen MR) is 82.8 cm³/mol. The van der Waals surface area contributed by atoms with Crippen molar-refractivity contribution in [1.82, 2.24) is 5.32 Å². The van der Waals surface area contributed by atoms with Gasteiger partial charge in [-0.3, -0.25) is 0 Å². The fraction of sp³-hybridized carbons (Fsp3) is 0.600. The van der Waals surface area contributed by atoms with Crippen LogP contribution in [0.4, 0.5) is 4.79 Å². The lowest BCUT2D eigenvalue weighted by molar-refractivity contribution is 0.0503. The predicted octanol–water partition coefficient (Wildman–Crippen LogP) is 3.57. The Bertz CT molecular complexity index is 529. The lowest BCUT2D eigenvalue weighted by Crippen LogP contribution is -2.32. The highest BCUT2D eigenvalue weighted by Gasteiger charge is 2.22. The average Bonchev–Trinajstić information content (AvgIpc) is 2.61. The van der Waals surface area contributed by atoms with E-state index in [2.05, 4.69) is 5.32 Å². The van der Waals surface area contributed by atoms with E-state index in [0.717, 1.165) is 15.3 Å². The van der Waals surface area contributed by atoms with Crippen molar-refractivity contribution in [3.63, 3.8) is 0 Å². The molecule has 0 aromatic carbocycles. The van der Waals surface area contributed by atoms with Crippen molar-refractivity contribution in [2.24, 2.45) is 0 Å². The van der Waals surface area contributed by atoms with Crippen LogP contribution in [0, 0.1) is 13.8 Å². The number of amides is 1. The largest absolute Gasteiger partial charge is 0.462 e. The first kappa shape index (κ1) is 17.5. The van der Waals surface area contributed by atoms with Gasteiger partial charge in [-0.1, -0.05) is 0 Å². The molecule has 1 rings (SSSR count). The van der Waals surface area contributed by atoms with Crippen LogP contribution in [0.15, 0.2) is 0 Å². The summed E-state index contributed by atoms with van der Waals surface area (Å²) >= 11 is 1.48. The fourth-order valence-corrected chi connectivity index (χ4v) is 2.87. The number of carbonyl (C=O) groups excluding carboxylic acids is 2. The number of ether oxygens (including phenoxy) is 2. The third kappa shape index (κ3) is 5.04. The maximum atomic E-state index is 12.0. The lowest BCUT2D eigenvalue weighted by Gasteiger charge is -2.19. The molecular formula is C15H23NO4S. The summed E-state index contributed by atoms with van der Waals surface area (Å²) in [5.74, 6) is -0.347. The van der Waals surface area contributed by atoms with Crippen molar-refractivity contribution < 1.29 is 19.1 Å². The van der Waals surface area contributed by atoms with E-state index in [1.807, 2.05) is 13.8 Å². The molecule has 21 heavy (non-hydrogen) atoms. The second kappa shape index (κ2) is 6.93. The molecule has 0 spiro atoms. The lowest BCUT2D eigenvalue weighted by atomic mass is 10.1. The van der Waals surface area contributed by atoms with Crippen molar-refractivity contribution in [2.45, 2.75) is 53.7 Å². The van der Waals surface area contributed by atoms with Gasteiger partial charge in [0.2, 0.25) is 0 Å². The molecule has 1 N–H and O–H groups in total. The normalized spacial score (nSPS) is 11.1. The molecule has 0 aliphatic rings. The zero-order valence-electron chi connectivity index (χ0n) is 13.5. The maximum absolute atomic E-state index is 12.0. The van der Waals surface area contributed by atoms with Crippen molar-refractivity contribution >= 4 is 23.4 Å².